The first-order chi connectivity index (χ1) is 9.08. The number of aryl methyl sites for hydroxylation is 1. The number of Topliss-reactive ketones (excluding diaryl/α,β-unsaturated/α-hetero) is 1. The monoisotopic (exact) mass is 257 g/mol. The molecule has 0 aliphatic rings. The molecule has 2 N–H and O–H groups in total. The zero-order valence-corrected chi connectivity index (χ0v) is 10.8. The zero-order chi connectivity index (χ0) is 13.8. The van der Waals surface area contributed by atoms with E-state index in [4.69, 9.17) is 5.73 Å². The Bertz CT molecular complexity index is 581. The van der Waals surface area contributed by atoms with E-state index in [2.05, 4.69) is 0 Å². The maximum atomic E-state index is 13.2. The van der Waals surface area contributed by atoms with Crippen LogP contribution in [0.5, 0.6) is 0 Å². The van der Waals surface area contributed by atoms with E-state index in [9.17, 15) is 9.18 Å². The van der Waals surface area contributed by atoms with Gasteiger partial charge in [0.15, 0.2) is 5.78 Å². The summed E-state index contributed by atoms with van der Waals surface area (Å²) in [5.74, 6) is -0.372. The first-order valence-electron chi connectivity index (χ1n) is 6.18. The van der Waals surface area contributed by atoms with E-state index in [0.717, 1.165) is 5.56 Å². The molecular formula is C16H16FNO. The van der Waals surface area contributed by atoms with E-state index < -0.39 is 0 Å². The van der Waals surface area contributed by atoms with Crippen molar-refractivity contribution < 1.29 is 9.18 Å². The van der Waals surface area contributed by atoms with Gasteiger partial charge in [0.25, 0.3) is 0 Å². The number of hydrogen-bond donors (Lipinski definition) is 1. The smallest absolute Gasteiger partial charge is 0.164 e. The molecule has 0 aliphatic heterocycles. The van der Waals surface area contributed by atoms with Gasteiger partial charge < -0.3 is 5.73 Å². The maximum Gasteiger partial charge on any atom is 0.164 e. The van der Waals surface area contributed by atoms with Gasteiger partial charge in [-0.3, -0.25) is 4.79 Å². The molecule has 98 valence electrons. The fourth-order valence-corrected chi connectivity index (χ4v) is 1.95. The summed E-state index contributed by atoms with van der Waals surface area (Å²) in [6, 6.07) is 13.5. The van der Waals surface area contributed by atoms with Crippen LogP contribution in [0.1, 0.15) is 33.9 Å². The van der Waals surface area contributed by atoms with Crippen LogP contribution in [-0.4, -0.2) is 5.78 Å². The predicted octanol–water partition coefficient (Wildman–Crippen LogP) is 3.41. The molecule has 19 heavy (non-hydrogen) atoms. The Kier molecular flexibility index (Phi) is 4.07. The molecule has 0 saturated heterocycles. The van der Waals surface area contributed by atoms with Crippen molar-refractivity contribution in [3.05, 3.63) is 71.0 Å². The van der Waals surface area contributed by atoms with Crippen LogP contribution in [-0.2, 0) is 0 Å². The molecule has 0 heterocycles. The minimum Gasteiger partial charge on any atom is -0.324 e. The molecule has 0 radical (unpaired) electrons. The summed E-state index contributed by atoms with van der Waals surface area (Å²) in [5.41, 5.74) is 7.91. The largest absolute Gasteiger partial charge is 0.324 e. The highest BCUT2D eigenvalue weighted by molar-refractivity contribution is 5.96. The van der Waals surface area contributed by atoms with Crippen LogP contribution in [0, 0.1) is 12.7 Å². The average molecular weight is 257 g/mol. The van der Waals surface area contributed by atoms with Crippen LogP contribution in [0.4, 0.5) is 4.39 Å². The SMILES string of the molecule is Cc1cc(C(=O)CC(N)c2ccccc2)ccc1F. The van der Waals surface area contributed by atoms with Gasteiger partial charge in [0.1, 0.15) is 5.82 Å². The number of nitrogens with two attached hydrogens (primary N) is 1. The third-order valence-corrected chi connectivity index (χ3v) is 3.11. The summed E-state index contributed by atoms with van der Waals surface area (Å²) in [6.45, 7) is 1.64. The number of ketones is 1. The molecule has 3 heteroatoms. The van der Waals surface area contributed by atoms with Crippen LogP contribution in [0.15, 0.2) is 48.5 Å². The van der Waals surface area contributed by atoms with E-state index in [-0.39, 0.29) is 24.1 Å². The summed E-state index contributed by atoms with van der Waals surface area (Å²) in [4.78, 5) is 12.1. The van der Waals surface area contributed by atoms with E-state index in [1.54, 1.807) is 13.0 Å². The Labute approximate surface area is 112 Å². The molecule has 1 unspecified atom stereocenters. The number of carbonyl (C=O) groups excluding carboxylic acids is 1. The number of halogens is 1. The van der Waals surface area contributed by atoms with Gasteiger partial charge in [-0.1, -0.05) is 30.3 Å². The topological polar surface area (TPSA) is 43.1 Å². The Morgan fingerprint density at radius 2 is 1.89 bits per heavy atom. The predicted molar refractivity (Wildman–Crippen MR) is 73.5 cm³/mol. The highest BCUT2D eigenvalue weighted by Gasteiger charge is 2.14. The minimum absolute atomic E-state index is 0.0700. The molecule has 0 aromatic heterocycles. The van der Waals surface area contributed by atoms with Gasteiger partial charge in [-0.25, -0.2) is 4.39 Å². The Balaban J connectivity index is 2.11. The minimum atomic E-state index is -0.334. The molecule has 0 bridgehead atoms. The van der Waals surface area contributed by atoms with Crippen LogP contribution >= 0.6 is 0 Å². The lowest BCUT2D eigenvalue weighted by Crippen LogP contribution is -2.15. The standard InChI is InChI=1S/C16H16FNO/c1-11-9-13(7-8-14(11)17)16(19)10-15(18)12-5-3-2-4-6-12/h2-9,15H,10,18H2,1H3. The lowest BCUT2D eigenvalue weighted by Gasteiger charge is -2.11. The van der Waals surface area contributed by atoms with Gasteiger partial charge in [-0.2, -0.15) is 0 Å². The normalized spacial score (nSPS) is 12.2. The highest BCUT2D eigenvalue weighted by Crippen LogP contribution is 2.18. The molecule has 2 aromatic carbocycles. The molecule has 2 nitrogen and oxygen atoms in total. The van der Waals surface area contributed by atoms with Crippen molar-refractivity contribution in [3.63, 3.8) is 0 Å². The maximum absolute atomic E-state index is 13.2. The van der Waals surface area contributed by atoms with Crippen molar-refractivity contribution in [3.8, 4) is 0 Å². The van der Waals surface area contributed by atoms with Crippen molar-refractivity contribution in [2.75, 3.05) is 0 Å². The van der Waals surface area contributed by atoms with Gasteiger partial charge in [0.05, 0.1) is 0 Å². The van der Waals surface area contributed by atoms with Crippen LogP contribution in [0.25, 0.3) is 0 Å². The molecule has 0 amide bonds. The first-order valence-corrected chi connectivity index (χ1v) is 6.18. The summed E-state index contributed by atoms with van der Waals surface area (Å²) in [5, 5.41) is 0. The first kappa shape index (κ1) is 13.4. The summed E-state index contributed by atoms with van der Waals surface area (Å²) in [6.07, 6.45) is 0.217. The van der Waals surface area contributed by atoms with Gasteiger partial charge in [-0.05, 0) is 36.2 Å². The Hall–Kier alpha value is -2.00. The molecule has 0 aliphatic carbocycles. The molecule has 0 spiro atoms. The van der Waals surface area contributed by atoms with Crippen molar-refractivity contribution in [2.45, 2.75) is 19.4 Å². The van der Waals surface area contributed by atoms with E-state index >= 15 is 0 Å². The second kappa shape index (κ2) is 5.76. The quantitative estimate of drug-likeness (QED) is 0.853. The highest BCUT2D eigenvalue weighted by atomic mass is 19.1. The molecule has 2 rings (SSSR count). The molecule has 0 fully saturated rings. The van der Waals surface area contributed by atoms with Gasteiger partial charge >= 0.3 is 0 Å². The second-order valence-corrected chi connectivity index (χ2v) is 4.61. The molecular weight excluding hydrogens is 241 g/mol. The van der Waals surface area contributed by atoms with Crippen molar-refractivity contribution >= 4 is 5.78 Å². The molecule has 2 aromatic rings. The lowest BCUT2D eigenvalue weighted by atomic mass is 9.98. The average Bonchev–Trinajstić information content (AvgIpc) is 2.42. The fourth-order valence-electron chi connectivity index (χ4n) is 1.95. The van der Waals surface area contributed by atoms with Gasteiger partial charge in [-0.15, -0.1) is 0 Å². The van der Waals surface area contributed by atoms with Crippen molar-refractivity contribution in [1.82, 2.24) is 0 Å². The molecule has 0 saturated carbocycles. The van der Waals surface area contributed by atoms with Crippen molar-refractivity contribution in [1.29, 1.82) is 0 Å². The Morgan fingerprint density at radius 1 is 1.21 bits per heavy atom. The third-order valence-electron chi connectivity index (χ3n) is 3.11. The van der Waals surface area contributed by atoms with Gasteiger partial charge in [0, 0.05) is 18.0 Å². The van der Waals surface area contributed by atoms with Gasteiger partial charge in [0.2, 0.25) is 0 Å². The Morgan fingerprint density at radius 3 is 2.53 bits per heavy atom. The second-order valence-electron chi connectivity index (χ2n) is 4.61. The summed E-state index contributed by atoms with van der Waals surface area (Å²) in [7, 11) is 0. The van der Waals surface area contributed by atoms with Crippen molar-refractivity contribution in [2.24, 2.45) is 5.73 Å². The number of carbonyl (C=O) groups is 1. The van der Waals surface area contributed by atoms with E-state index in [1.165, 1.54) is 12.1 Å². The van der Waals surface area contributed by atoms with Crippen LogP contribution in [0.2, 0.25) is 0 Å². The number of hydrogen-bond acceptors (Lipinski definition) is 2. The zero-order valence-electron chi connectivity index (χ0n) is 10.8. The summed E-state index contributed by atoms with van der Waals surface area (Å²) >= 11 is 0. The van der Waals surface area contributed by atoms with Crippen LogP contribution < -0.4 is 5.73 Å². The lowest BCUT2D eigenvalue weighted by molar-refractivity contribution is 0.0974. The summed E-state index contributed by atoms with van der Waals surface area (Å²) < 4.78 is 13.2. The fraction of sp³-hybridized carbons (Fsp3) is 0.188. The number of benzene rings is 2. The van der Waals surface area contributed by atoms with E-state index in [1.807, 2.05) is 30.3 Å². The van der Waals surface area contributed by atoms with E-state index in [0.29, 0.717) is 11.1 Å². The van der Waals surface area contributed by atoms with Crippen LogP contribution in [0.3, 0.4) is 0 Å². The third kappa shape index (κ3) is 3.26. The molecule has 1 atom stereocenters. The number of rotatable bonds is 4.